The zero-order valence-electron chi connectivity index (χ0n) is 10.4. The van der Waals surface area contributed by atoms with E-state index in [4.69, 9.17) is 0 Å². The van der Waals surface area contributed by atoms with E-state index in [1.807, 2.05) is 0 Å². The van der Waals surface area contributed by atoms with Crippen LogP contribution in [0.4, 0.5) is 0 Å². The molecule has 3 heteroatoms. The third-order valence-electron chi connectivity index (χ3n) is 4.12. The highest BCUT2D eigenvalue weighted by molar-refractivity contribution is 5.34. The highest BCUT2D eigenvalue weighted by atomic mass is 15.4. The molecule has 1 aromatic rings. The van der Waals surface area contributed by atoms with Gasteiger partial charge in [-0.15, -0.1) is 0 Å². The molecule has 1 heterocycles. The molecule has 3 rings (SSSR count). The van der Waals surface area contributed by atoms with Crippen LogP contribution in [0.2, 0.25) is 0 Å². The number of fused-ring (bicyclic) bond motifs is 3. The molecule has 0 bridgehead atoms. The summed E-state index contributed by atoms with van der Waals surface area (Å²) in [6.45, 7) is 4.27. The van der Waals surface area contributed by atoms with E-state index in [1.165, 1.54) is 24.0 Å². The lowest BCUT2D eigenvalue weighted by atomic mass is 9.78. The van der Waals surface area contributed by atoms with Crippen LogP contribution >= 0.6 is 0 Å². The van der Waals surface area contributed by atoms with Crippen molar-refractivity contribution in [3.63, 3.8) is 0 Å². The first-order chi connectivity index (χ1) is 8.40. The van der Waals surface area contributed by atoms with E-state index in [-0.39, 0.29) is 0 Å². The largest absolute Gasteiger partial charge is 0.315 e. The van der Waals surface area contributed by atoms with Gasteiger partial charge in [0.1, 0.15) is 0 Å². The molecule has 2 aliphatic rings. The number of benzene rings is 1. The van der Waals surface area contributed by atoms with Crippen molar-refractivity contribution in [1.82, 2.24) is 16.2 Å². The van der Waals surface area contributed by atoms with Gasteiger partial charge in [-0.3, -0.25) is 5.43 Å². The van der Waals surface area contributed by atoms with E-state index in [1.54, 1.807) is 0 Å². The molecule has 3 unspecified atom stereocenters. The third kappa shape index (κ3) is 1.99. The van der Waals surface area contributed by atoms with Gasteiger partial charge in [-0.2, -0.15) is 0 Å². The topological polar surface area (TPSA) is 36.1 Å². The first-order valence-corrected chi connectivity index (χ1v) is 6.69. The summed E-state index contributed by atoms with van der Waals surface area (Å²) >= 11 is 0. The fourth-order valence-corrected chi connectivity index (χ4v) is 3.21. The Morgan fingerprint density at radius 1 is 1.29 bits per heavy atom. The van der Waals surface area contributed by atoms with Crippen molar-refractivity contribution in [3.05, 3.63) is 35.4 Å². The van der Waals surface area contributed by atoms with Crippen molar-refractivity contribution in [2.75, 3.05) is 13.1 Å². The smallest absolute Gasteiger partial charge is 0.0509 e. The molecule has 1 saturated heterocycles. The highest BCUT2D eigenvalue weighted by Gasteiger charge is 2.39. The average molecular weight is 231 g/mol. The molecule has 1 aliphatic carbocycles. The molecule has 0 saturated carbocycles. The van der Waals surface area contributed by atoms with E-state index in [0.29, 0.717) is 12.1 Å². The number of likely N-dealkylation sites (N-methyl/N-ethyl adjacent to an activating group) is 1. The Bertz CT molecular complexity index is 391. The summed E-state index contributed by atoms with van der Waals surface area (Å²) in [5, 5.41) is 3.44. The molecule has 3 N–H and O–H groups in total. The standard InChI is InChI=1S/C14H21N3/c1-2-15-9-13-12-8-7-10-5-3-4-6-11(10)14(12)17-16-13/h3-6,12-17H,2,7-9H2,1H3. The van der Waals surface area contributed by atoms with Crippen LogP contribution in [0.25, 0.3) is 0 Å². The molecule has 1 aliphatic heterocycles. The molecule has 0 spiro atoms. The van der Waals surface area contributed by atoms with Crippen molar-refractivity contribution < 1.29 is 0 Å². The zero-order chi connectivity index (χ0) is 11.7. The van der Waals surface area contributed by atoms with Gasteiger partial charge in [-0.1, -0.05) is 31.2 Å². The summed E-state index contributed by atoms with van der Waals surface area (Å²) in [6, 6.07) is 9.91. The molecule has 3 atom stereocenters. The lowest BCUT2D eigenvalue weighted by Gasteiger charge is -2.29. The molecule has 1 fully saturated rings. The fraction of sp³-hybridized carbons (Fsp3) is 0.571. The maximum atomic E-state index is 3.48. The van der Waals surface area contributed by atoms with E-state index in [9.17, 15) is 0 Å². The van der Waals surface area contributed by atoms with Crippen LogP contribution in [0.1, 0.15) is 30.5 Å². The summed E-state index contributed by atoms with van der Waals surface area (Å²) in [7, 11) is 0. The summed E-state index contributed by atoms with van der Waals surface area (Å²) in [4.78, 5) is 0. The van der Waals surface area contributed by atoms with Crippen LogP contribution in [-0.2, 0) is 6.42 Å². The molecule has 92 valence electrons. The maximum Gasteiger partial charge on any atom is 0.0509 e. The number of hydrazine groups is 1. The van der Waals surface area contributed by atoms with Crippen LogP contribution in [0.5, 0.6) is 0 Å². The van der Waals surface area contributed by atoms with Gasteiger partial charge in [0.05, 0.1) is 6.04 Å². The second-order valence-corrected chi connectivity index (χ2v) is 5.08. The first-order valence-electron chi connectivity index (χ1n) is 6.69. The molecule has 3 nitrogen and oxygen atoms in total. The minimum atomic E-state index is 0.503. The second-order valence-electron chi connectivity index (χ2n) is 5.08. The summed E-state index contributed by atoms with van der Waals surface area (Å²) in [5.74, 6) is 0.726. The molecule has 0 radical (unpaired) electrons. The molecule has 17 heavy (non-hydrogen) atoms. The van der Waals surface area contributed by atoms with Crippen LogP contribution in [0.3, 0.4) is 0 Å². The van der Waals surface area contributed by atoms with Gasteiger partial charge in [-0.25, -0.2) is 5.43 Å². The maximum absolute atomic E-state index is 3.48. The zero-order valence-corrected chi connectivity index (χ0v) is 10.4. The Balaban J connectivity index is 1.79. The first kappa shape index (κ1) is 11.2. The Kier molecular flexibility index (Phi) is 3.14. The number of hydrogen-bond donors (Lipinski definition) is 3. The minimum absolute atomic E-state index is 0.503. The third-order valence-corrected chi connectivity index (χ3v) is 4.12. The molecule has 0 amide bonds. The van der Waals surface area contributed by atoms with E-state index in [0.717, 1.165) is 19.0 Å². The lowest BCUT2D eigenvalue weighted by Crippen LogP contribution is -2.40. The Labute approximate surface area is 103 Å². The molecular weight excluding hydrogens is 210 g/mol. The van der Waals surface area contributed by atoms with Crippen molar-refractivity contribution in [2.45, 2.75) is 31.8 Å². The van der Waals surface area contributed by atoms with E-state index in [2.05, 4.69) is 47.4 Å². The SMILES string of the molecule is CCNCC1NNC2c3ccccc3CCC12. The van der Waals surface area contributed by atoms with Crippen molar-refractivity contribution >= 4 is 0 Å². The van der Waals surface area contributed by atoms with Crippen LogP contribution in [0.15, 0.2) is 24.3 Å². The summed E-state index contributed by atoms with van der Waals surface area (Å²) in [5.41, 5.74) is 9.96. The molecule has 1 aromatic carbocycles. The van der Waals surface area contributed by atoms with Gasteiger partial charge in [-0.05, 0) is 36.4 Å². The van der Waals surface area contributed by atoms with Crippen LogP contribution in [0, 0.1) is 5.92 Å². The summed E-state index contributed by atoms with van der Waals surface area (Å²) < 4.78 is 0. The predicted octanol–water partition coefficient (Wildman–Crippen LogP) is 1.38. The fourth-order valence-electron chi connectivity index (χ4n) is 3.21. The van der Waals surface area contributed by atoms with Gasteiger partial charge in [0.25, 0.3) is 0 Å². The lowest BCUT2D eigenvalue weighted by molar-refractivity contribution is 0.360. The van der Waals surface area contributed by atoms with Crippen LogP contribution < -0.4 is 16.2 Å². The Morgan fingerprint density at radius 3 is 3.06 bits per heavy atom. The monoisotopic (exact) mass is 231 g/mol. The van der Waals surface area contributed by atoms with Crippen LogP contribution in [-0.4, -0.2) is 19.1 Å². The number of hydrogen-bond acceptors (Lipinski definition) is 3. The Morgan fingerprint density at radius 2 is 2.18 bits per heavy atom. The van der Waals surface area contributed by atoms with Gasteiger partial charge >= 0.3 is 0 Å². The van der Waals surface area contributed by atoms with Gasteiger partial charge < -0.3 is 5.32 Å². The second kappa shape index (κ2) is 4.77. The van der Waals surface area contributed by atoms with Gasteiger partial charge in [0.15, 0.2) is 0 Å². The average Bonchev–Trinajstić information content (AvgIpc) is 2.80. The molecular formula is C14H21N3. The molecule has 0 aromatic heterocycles. The number of nitrogens with one attached hydrogen (secondary N) is 3. The number of rotatable bonds is 3. The summed E-state index contributed by atoms with van der Waals surface area (Å²) in [6.07, 6.45) is 2.51. The van der Waals surface area contributed by atoms with Crippen molar-refractivity contribution in [3.8, 4) is 0 Å². The minimum Gasteiger partial charge on any atom is -0.315 e. The Hall–Kier alpha value is -0.900. The number of aryl methyl sites for hydroxylation is 1. The predicted molar refractivity (Wildman–Crippen MR) is 69.6 cm³/mol. The van der Waals surface area contributed by atoms with Crippen molar-refractivity contribution in [2.24, 2.45) is 5.92 Å². The van der Waals surface area contributed by atoms with Gasteiger partial charge in [0.2, 0.25) is 0 Å². The quantitative estimate of drug-likeness (QED) is 0.735. The van der Waals surface area contributed by atoms with E-state index < -0.39 is 0 Å². The van der Waals surface area contributed by atoms with Crippen molar-refractivity contribution in [1.29, 1.82) is 0 Å². The normalized spacial score (nSPS) is 31.0. The van der Waals surface area contributed by atoms with Gasteiger partial charge in [0, 0.05) is 12.6 Å². The highest BCUT2D eigenvalue weighted by Crippen LogP contribution is 2.38. The van der Waals surface area contributed by atoms with E-state index >= 15 is 0 Å².